The van der Waals surface area contributed by atoms with Crippen molar-refractivity contribution in [1.82, 2.24) is 30.2 Å². The molecular weight excluding hydrogens is 843 g/mol. The van der Waals surface area contributed by atoms with Gasteiger partial charge in [0.05, 0.1) is 7.11 Å². The van der Waals surface area contributed by atoms with Crippen LogP contribution in [0.2, 0.25) is 0 Å². The van der Waals surface area contributed by atoms with Gasteiger partial charge in [0.15, 0.2) is 0 Å². The van der Waals surface area contributed by atoms with E-state index in [1.807, 2.05) is 12.2 Å². The summed E-state index contributed by atoms with van der Waals surface area (Å²) in [7, 11) is -2.41. The Bertz CT molecular complexity index is 2030. The van der Waals surface area contributed by atoms with Crippen molar-refractivity contribution in [3.8, 4) is 11.6 Å². The molecule has 0 bridgehead atoms. The zero-order chi connectivity index (χ0) is 38.7. The van der Waals surface area contributed by atoms with Crippen LogP contribution in [0.15, 0.2) is 30.4 Å². The quantitative estimate of drug-likeness (QED) is 0.140. The van der Waals surface area contributed by atoms with Gasteiger partial charge in [-0.25, -0.2) is 0 Å². The number of benzene rings is 1. The van der Waals surface area contributed by atoms with Crippen LogP contribution < -0.4 is 46.0 Å². The maximum absolute atomic E-state index is 14.6. The number of fused-ring (bicyclic) bond motifs is 4. The number of rotatable bonds is 8. The molecule has 3 N–H and O–H groups in total. The monoisotopic (exact) mass is 891 g/mol. The number of aromatic nitrogens is 2. The number of carbonyl (C=O) groups excluding carboxylic acids is 4. The van der Waals surface area contributed by atoms with E-state index in [1.54, 1.807) is 39.2 Å². The Balaban J connectivity index is 1.07. The molecule has 0 radical (unpaired) electrons. The zero-order valence-electron chi connectivity index (χ0n) is 31.2. The second-order valence-corrected chi connectivity index (χ2v) is 21.9. The van der Waals surface area contributed by atoms with Crippen molar-refractivity contribution >= 4 is 44.9 Å². The first-order chi connectivity index (χ1) is 26.3. The predicted octanol–water partition coefficient (Wildman–Crippen LogP) is -0.00908. The van der Waals surface area contributed by atoms with Crippen LogP contribution in [0.25, 0.3) is 11.0 Å². The third-order valence-corrected chi connectivity index (χ3v) is 17.9. The minimum absolute atomic E-state index is 0.00227. The molecule has 55 heavy (non-hydrogen) atoms. The van der Waals surface area contributed by atoms with Gasteiger partial charge in [-0.2, -0.15) is 0 Å². The molecule has 3 saturated carbocycles. The first-order valence-corrected chi connectivity index (χ1v) is 23.0. The van der Waals surface area contributed by atoms with Gasteiger partial charge in [0.25, 0.3) is 0 Å². The standard InChI is InChI=1S/C38H48IN6O9S/c1-21-33(41-29-18-24(52-3)11-12-27(29)40-21)53-26-19-30-32(46)43-38(35(48)44-55(50,51)37(2)13-14-37)31(39-38)10-8-6-4-5-7-9-28(34(47)45(30)20-26)42-36(49)54-25-16-22-15-23(22)17-25/h8,10-12,18,22-23,25-26,28,30-31H,4-7,9,13-17,19-20H2,1-3H3,(H,42,49)(H,43,46)(H,44,48)/q-1/b10-8-/t22-,23+,25?,26-,28+,30+,31+,38-/m1/s1. The second-order valence-electron chi connectivity index (χ2n) is 16.1. The van der Waals surface area contributed by atoms with Gasteiger partial charge in [-0.1, -0.05) is 0 Å². The summed E-state index contributed by atoms with van der Waals surface area (Å²) < 4.78 is 43.4. The van der Waals surface area contributed by atoms with E-state index in [2.05, 4.69) is 20.3 Å². The Morgan fingerprint density at radius 2 is 1.80 bits per heavy atom. The fraction of sp³-hybridized carbons (Fsp3) is 0.632. The van der Waals surface area contributed by atoms with Gasteiger partial charge in [0.2, 0.25) is 0 Å². The number of alkyl carbamates (subject to hydrolysis) is 1. The summed E-state index contributed by atoms with van der Waals surface area (Å²) in [5.41, 5.74) is 1.71. The molecule has 2 saturated heterocycles. The third kappa shape index (κ3) is 7.83. The van der Waals surface area contributed by atoms with Gasteiger partial charge in [-0.15, -0.1) is 0 Å². The van der Waals surface area contributed by atoms with Gasteiger partial charge in [0.1, 0.15) is 0 Å². The van der Waals surface area contributed by atoms with Crippen molar-refractivity contribution in [3.05, 3.63) is 36.0 Å². The Labute approximate surface area is 330 Å². The van der Waals surface area contributed by atoms with Crippen molar-refractivity contribution in [3.63, 3.8) is 0 Å². The second kappa shape index (κ2) is 14.6. The number of nitrogens with one attached hydrogen (secondary N) is 3. The number of ether oxygens (including phenoxy) is 3. The summed E-state index contributed by atoms with van der Waals surface area (Å²) in [6.07, 6.45) is 9.51. The molecular formula is C38H48IN6O9S-. The van der Waals surface area contributed by atoms with E-state index < -0.39 is 81.5 Å². The summed E-state index contributed by atoms with van der Waals surface area (Å²) >= 11 is -1.02. The molecule has 1 unspecified atom stereocenters. The summed E-state index contributed by atoms with van der Waals surface area (Å²) in [4.78, 5) is 66.9. The number of carbonyl (C=O) groups is 4. The molecule has 3 aliphatic heterocycles. The van der Waals surface area contributed by atoms with Crippen LogP contribution in [-0.4, -0.2) is 97.3 Å². The molecule has 8 rings (SSSR count). The number of sulfonamides is 1. The Morgan fingerprint density at radius 1 is 1.02 bits per heavy atom. The molecule has 2 aromatic rings. The number of alkyl halides is 2. The molecule has 1 aromatic carbocycles. The first kappa shape index (κ1) is 38.1. The number of nitrogens with zero attached hydrogens (tertiary/aromatic N) is 3. The molecule has 298 valence electrons. The summed E-state index contributed by atoms with van der Waals surface area (Å²) in [6, 6.07) is 3.28. The van der Waals surface area contributed by atoms with Crippen LogP contribution in [0.1, 0.15) is 83.2 Å². The Morgan fingerprint density at radius 3 is 2.55 bits per heavy atom. The number of allylic oxidation sites excluding steroid dienone is 1. The summed E-state index contributed by atoms with van der Waals surface area (Å²) in [5.74, 6) is 0.271. The average Bonchev–Trinajstić information content (AvgIpc) is 4.10. The van der Waals surface area contributed by atoms with E-state index in [9.17, 15) is 27.6 Å². The molecule has 8 atom stereocenters. The predicted molar refractivity (Wildman–Crippen MR) is 195 cm³/mol. The molecule has 1 aromatic heterocycles. The molecule has 0 spiro atoms. The molecule has 15 nitrogen and oxygen atoms in total. The van der Waals surface area contributed by atoms with E-state index in [-0.39, 0.29) is 28.9 Å². The fourth-order valence-corrected chi connectivity index (χ4v) is 12.4. The van der Waals surface area contributed by atoms with Crippen molar-refractivity contribution in [2.45, 2.75) is 121 Å². The van der Waals surface area contributed by atoms with E-state index in [1.165, 1.54) is 11.3 Å². The summed E-state index contributed by atoms with van der Waals surface area (Å²) in [6.45, 7) is 3.36. The molecule has 17 heteroatoms. The SMILES string of the molecule is COc1ccc2nc(C)c(O[C@@H]3C[C@H]4C(=O)N[C@]5(C(=O)NS(=O)(=O)C6(C)CC6)[I-][C@H]5/C=C\CCCCC[C@H](NC(=O)OC5C[C@@H]6C[C@@H]6C5)C(=O)N4C3)nc2c1. The van der Waals surface area contributed by atoms with Crippen molar-refractivity contribution in [2.24, 2.45) is 11.8 Å². The number of amides is 4. The van der Waals surface area contributed by atoms with Crippen LogP contribution in [0.4, 0.5) is 4.79 Å². The number of hydrogen-bond acceptors (Lipinski definition) is 11. The average molecular weight is 892 g/mol. The maximum atomic E-state index is 14.6. The normalized spacial score (nSPS) is 33.2. The number of halogens is 1. The molecule has 4 amide bonds. The number of aryl methyl sites for hydroxylation is 1. The topological polar surface area (TPSA) is 195 Å². The molecule has 6 aliphatic rings. The Kier molecular flexibility index (Phi) is 10.2. The minimum atomic E-state index is -3.97. The third-order valence-electron chi connectivity index (χ3n) is 11.9. The zero-order valence-corrected chi connectivity index (χ0v) is 34.2. The first-order valence-electron chi connectivity index (χ1n) is 19.2. The van der Waals surface area contributed by atoms with Gasteiger partial charge >= 0.3 is 296 Å². The van der Waals surface area contributed by atoms with Crippen LogP contribution in [-0.2, 0) is 29.1 Å². The fourth-order valence-electron chi connectivity index (χ4n) is 8.10. The van der Waals surface area contributed by atoms with Gasteiger partial charge in [0, 0.05) is 0 Å². The van der Waals surface area contributed by atoms with Crippen LogP contribution in [0, 0.1) is 18.8 Å². The van der Waals surface area contributed by atoms with Gasteiger partial charge in [-0.3, -0.25) is 0 Å². The van der Waals surface area contributed by atoms with E-state index in [0.717, 1.165) is 32.1 Å². The Hall–Kier alpha value is -3.74. The van der Waals surface area contributed by atoms with Crippen molar-refractivity contribution < 1.29 is 63.0 Å². The molecule has 4 heterocycles. The number of methoxy groups -OCH3 is 1. The van der Waals surface area contributed by atoms with Gasteiger partial charge < -0.3 is 4.74 Å². The number of hydrogen-bond donors (Lipinski definition) is 3. The van der Waals surface area contributed by atoms with E-state index in [4.69, 9.17) is 19.2 Å². The summed E-state index contributed by atoms with van der Waals surface area (Å²) in [5, 5.41) is 5.79. The van der Waals surface area contributed by atoms with Crippen LogP contribution in [0.5, 0.6) is 11.6 Å². The van der Waals surface area contributed by atoms with Crippen molar-refractivity contribution in [2.75, 3.05) is 13.7 Å². The molecule has 5 fully saturated rings. The molecule has 3 aliphatic carbocycles. The van der Waals surface area contributed by atoms with Gasteiger partial charge in [-0.05, 0) is 24.3 Å². The van der Waals surface area contributed by atoms with Crippen LogP contribution >= 0.6 is 0 Å². The van der Waals surface area contributed by atoms with Crippen LogP contribution in [0.3, 0.4) is 0 Å². The van der Waals surface area contributed by atoms with E-state index in [0.29, 0.717) is 60.0 Å². The van der Waals surface area contributed by atoms with E-state index >= 15 is 0 Å². The van der Waals surface area contributed by atoms with Crippen molar-refractivity contribution in [1.29, 1.82) is 0 Å².